The molecule has 0 radical (unpaired) electrons. The number of benzene rings is 4. The van der Waals surface area contributed by atoms with Crippen molar-refractivity contribution in [3.63, 3.8) is 0 Å². The summed E-state index contributed by atoms with van der Waals surface area (Å²) in [7, 11) is -4.70. The first-order valence-corrected chi connectivity index (χ1v) is 17.8. The Balaban J connectivity index is 1.89. The third-order valence-electron chi connectivity index (χ3n) is 7.64. The number of unbranched alkanes of at least 4 members (excludes halogenated alkanes) is 1. The number of nitrogens with one attached hydrogen (secondary N) is 1. The van der Waals surface area contributed by atoms with Crippen molar-refractivity contribution in [2.75, 3.05) is 17.4 Å². The van der Waals surface area contributed by atoms with Gasteiger partial charge in [0.05, 0.1) is 21.2 Å². The van der Waals surface area contributed by atoms with Gasteiger partial charge in [-0.25, -0.2) is 8.42 Å². The molecular weight excluding hydrogens is 722 g/mol. The Labute approximate surface area is 298 Å². The lowest BCUT2D eigenvalue weighted by Crippen LogP contribution is -2.53. The first-order valence-electron chi connectivity index (χ1n) is 15.2. The fourth-order valence-corrected chi connectivity index (χ4v) is 7.26. The van der Waals surface area contributed by atoms with Crippen molar-refractivity contribution in [2.45, 2.75) is 49.8 Å². The van der Waals surface area contributed by atoms with Crippen molar-refractivity contribution in [1.29, 1.82) is 0 Å². The van der Waals surface area contributed by atoms with Gasteiger partial charge in [0, 0.05) is 35.1 Å². The van der Waals surface area contributed by atoms with Crippen molar-refractivity contribution < 1.29 is 31.2 Å². The minimum absolute atomic E-state index is 0.0162. The molecule has 7 nitrogen and oxygen atoms in total. The van der Waals surface area contributed by atoms with E-state index in [1.54, 1.807) is 54.6 Å². The molecular formula is C35H33Cl3F3N3O4S. The van der Waals surface area contributed by atoms with E-state index < -0.39 is 51.9 Å². The van der Waals surface area contributed by atoms with Gasteiger partial charge in [-0.05, 0) is 54.4 Å². The van der Waals surface area contributed by atoms with Crippen molar-refractivity contribution >= 4 is 62.3 Å². The molecule has 14 heteroatoms. The molecule has 0 bridgehead atoms. The van der Waals surface area contributed by atoms with Gasteiger partial charge in [0.25, 0.3) is 10.0 Å². The molecule has 0 spiro atoms. The summed E-state index contributed by atoms with van der Waals surface area (Å²) >= 11 is 19.4. The van der Waals surface area contributed by atoms with Crippen LogP contribution in [-0.2, 0) is 38.8 Å². The number of rotatable bonds is 14. The van der Waals surface area contributed by atoms with E-state index in [2.05, 4.69) is 5.32 Å². The molecule has 0 unspecified atom stereocenters. The monoisotopic (exact) mass is 753 g/mol. The number of carbonyl (C=O) groups is 2. The van der Waals surface area contributed by atoms with E-state index in [0.29, 0.717) is 35.0 Å². The fourth-order valence-electron chi connectivity index (χ4n) is 5.03. The summed E-state index contributed by atoms with van der Waals surface area (Å²) in [5.41, 5.74) is -0.773. The third-order valence-corrected chi connectivity index (χ3v) is 10.4. The van der Waals surface area contributed by atoms with E-state index in [1.807, 2.05) is 6.92 Å². The molecule has 1 N–H and O–H groups in total. The first-order chi connectivity index (χ1) is 23.2. The standard InChI is InChI=1S/C35H33Cl3F3N3O4S/c1-2-3-19-42-34(46)32(20-24-11-6-4-7-12-24)43(22-27-28(36)15-10-16-29(27)37)33(45)23-44(49(47,48)26-13-8-5-9-14-26)31-21-25(35(39,40)41)17-18-30(31)38/h4-18,21,32H,2-3,19-20,22-23H2,1H3,(H,42,46)/t32-/m1/s1. The Hall–Kier alpha value is -3.77. The van der Waals surface area contributed by atoms with Crippen LogP contribution in [0.15, 0.2) is 102 Å². The smallest absolute Gasteiger partial charge is 0.354 e. The summed E-state index contributed by atoms with van der Waals surface area (Å²) in [4.78, 5) is 29.3. The van der Waals surface area contributed by atoms with Crippen LogP contribution < -0.4 is 9.62 Å². The van der Waals surface area contributed by atoms with Gasteiger partial charge in [0.15, 0.2) is 0 Å². The van der Waals surface area contributed by atoms with E-state index in [9.17, 15) is 31.2 Å². The van der Waals surface area contributed by atoms with Crippen LogP contribution in [0.25, 0.3) is 0 Å². The normalized spacial score (nSPS) is 12.3. The average molecular weight is 755 g/mol. The summed E-state index contributed by atoms with van der Waals surface area (Å²) in [6.45, 7) is 0.910. The molecule has 0 saturated carbocycles. The van der Waals surface area contributed by atoms with Crippen LogP contribution in [0.2, 0.25) is 15.1 Å². The number of hydrogen-bond acceptors (Lipinski definition) is 4. The molecule has 0 aliphatic heterocycles. The highest BCUT2D eigenvalue weighted by Crippen LogP contribution is 2.38. The van der Waals surface area contributed by atoms with E-state index in [-0.39, 0.29) is 38.5 Å². The molecule has 0 saturated heterocycles. The predicted octanol–water partition coefficient (Wildman–Crippen LogP) is 8.42. The molecule has 4 aromatic rings. The van der Waals surface area contributed by atoms with Crippen LogP contribution in [0, 0.1) is 0 Å². The maximum absolute atomic E-state index is 14.6. The molecule has 260 valence electrons. The van der Waals surface area contributed by atoms with Crippen LogP contribution in [0.5, 0.6) is 0 Å². The molecule has 1 atom stereocenters. The minimum Gasteiger partial charge on any atom is -0.354 e. The minimum atomic E-state index is -4.85. The van der Waals surface area contributed by atoms with E-state index in [0.717, 1.165) is 17.4 Å². The molecule has 4 aromatic carbocycles. The molecule has 2 amide bonds. The predicted molar refractivity (Wildman–Crippen MR) is 186 cm³/mol. The molecule has 0 aromatic heterocycles. The molecule has 0 aliphatic carbocycles. The van der Waals surface area contributed by atoms with Crippen molar-refractivity contribution in [3.8, 4) is 0 Å². The van der Waals surface area contributed by atoms with Gasteiger partial charge >= 0.3 is 6.18 Å². The number of amides is 2. The van der Waals surface area contributed by atoms with E-state index in [1.165, 1.54) is 24.3 Å². The highest BCUT2D eigenvalue weighted by atomic mass is 35.5. The van der Waals surface area contributed by atoms with Gasteiger partial charge in [-0.3, -0.25) is 13.9 Å². The van der Waals surface area contributed by atoms with Gasteiger partial charge in [-0.15, -0.1) is 0 Å². The highest BCUT2D eigenvalue weighted by Gasteiger charge is 2.37. The second kappa shape index (κ2) is 16.8. The zero-order chi connectivity index (χ0) is 35.8. The number of carbonyl (C=O) groups excluding carboxylic acids is 2. The van der Waals surface area contributed by atoms with Crippen molar-refractivity contribution in [2.24, 2.45) is 0 Å². The summed E-state index contributed by atoms with van der Waals surface area (Å²) in [5.74, 6) is -1.45. The Bertz CT molecular complexity index is 1840. The maximum Gasteiger partial charge on any atom is 0.416 e. The number of anilines is 1. The Kier molecular flexibility index (Phi) is 13.0. The van der Waals surface area contributed by atoms with Gasteiger partial charge in [-0.2, -0.15) is 13.2 Å². The van der Waals surface area contributed by atoms with Crippen LogP contribution in [0.4, 0.5) is 18.9 Å². The lowest BCUT2D eigenvalue weighted by molar-refractivity contribution is -0.140. The van der Waals surface area contributed by atoms with Crippen LogP contribution in [0.3, 0.4) is 0 Å². The summed E-state index contributed by atoms with van der Waals surface area (Å²) in [6, 6.07) is 21.5. The number of halogens is 6. The van der Waals surface area contributed by atoms with Gasteiger partial charge in [-0.1, -0.05) is 103 Å². The van der Waals surface area contributed by atoms with Crippen LogP contribution in [-0.4, -0.2) is 44.3 Å². The number of hydrogen-bond donors (Lipinski definition) is 1. The lowest BCUT2D eigenvalue weighted by atomic mass is 10.0. The lowest BCUT2D eigenvalue weighted by Gasteiger charge is -2.34. The van der Waals surface area contributed by atoms with E-state index >= 15 is 0 Å². The summed E-state index contributed by atoms with van der Waals surface area (Å²) in [6.07, 6.45) is -3.39. The Morgan fingerprint density at radius 1 is 0.837 bits per heavy atom. The summed E-state index contributed by atoms with van der Waals surface area (Å²) < 4.78 is 70.4. The highest BCUT2D eigenvalue weighted by molar-refractivity contribution is 7.92. The quantitative estimate of drug-likeness (QED) is 0.131. The Morgan fingerprint density at radius 2 is 1.45 bits per heavy atom. The van der Waals surface area contributed by atoms with Crippen molar-refractivity contribution in [3.05, 3.63) is 129 Å². The zero-order valence-electron chi connectivity index (χ0n) is 26.3. The SMILES string of the molecule is CCCCNC(=O)[C@@H](Cc1ccccc1)N(Cc1c(Cl)cccc1Cl)C(=O)CN(c1cc(C(F)(F)F)ccc1Cl)S(=O)(=O)c1ccccc1. The second-order valence-electron chi connectivity index (χ2n) is 11.1. The second-order valence-corrected chi connectivity index (χ2v) is 14.1. The average Bonchev–Trinajstić information content (AvgIpc) is 3.07. The largest absolute Gasteiger partial charge is 0.416 e. The molecule has 4 rings (SSSR count). The zero-order valence-corrected chi connectivity index (χ0v) is 29.3. The fraction of sp³-hybridized carbons (Fsp3) is 0.257. The van der Waals surface area contributed by atoms with Gasteiger partial charge in [0.2, 0.25) is 11.8 Å². The van der Waals surface area contributed by atoms with Crippen LogP contribution in [0.1, 0.15) is 36.5 Å². The van der Waals surface area contributed by atoms with Gasteiger partial charge < -0.3 is 10.2 Å². The third kappa shape index (κ3) is 9.69. The number of sulfonamides is 1. The first kappa shape index (κ1) is 38.0. The topological polar surface area (TPSA) is 86.8 Å². The number of alkyl halides is 3. The Morgan fingerprint density at radius 3 is 2.04 bits per heavy atom. The van der Waals surface area contributed by atoms with E-state index in [4.69, 9.17) is 34.8 Å². The van der Waals surface area contributed by atoms with Gasteiger partial charge in [0.1, 0.15) is 12.6 Å². The maximum atomic E-state index is 14.6. The summed E-state index contributed by atoms with van der Waals surface area (Å²) in [5, 5.41) is 2.87. The molecule has 49 heavy (non-hydrogen) atoms. The van der Waals surface area contributed by atoms with Crippen LogP contribution >= 0.6 is 34.8 Å². The molecule has 0 heterocycles. The molecule has 0 aliphatic rings. The van der Waals surface area contributed by atoms with Crippen molar-refractivity contribution in [1.82, 2.24) is 10.2 Å². The molecule has 0 fully saturated rings. The number of nitrogens with zero attached hydrogens (tertiary/aromatic N) is 2.